The fourth-order valence-electron chi connectivity index (χ4n) is 3.55. The second-order valence-electron chi connectivity index (χ2n) is 8.35. The van der Waals surface area contributed by atoms with Gasteiger partial charge in [0.05, 0.1) is 49.4 Å². The number of carbonyl (C=O) groups excluding carboxylic acids is 1. The third-order valence-corrected chi connectivity index (χ3v) is 4.95. The van der Waals surface area contributed by atoms with E-state index in [-0.39, 0.29) is 18.9 Å². The lowest BCUT2D eigenvalue weighted by molar-refractivity contribution is -0.117. The minimum atomic E-state index is -0.971. The van der Waals surface area contributed by atoms with Gasteiger partial charge in [-0.3, -0.25) is 4.79 Å². The molecule has 3 aromatic rings. The van der Waals surface area contributed by atoms with Gasteiger partial charge in [0.2, 0.25) is 5.91 Å². The molecule has 0 fully saturated rings. The van der Waals surface area contributed by atoms with Gasteiger partial charge in [0.1, 0.15) is 17.9 Å². The standard InChI is InChI=1S/C24H34N4O5/c1-5-31-13-14-33-12-11-20(29)27-23-21-22(17-9-7-8-10-18(17)25-23)28(16-24(3,4)30)19(26-21)15-32-6-2/h7-10,30H,5-6,11-16H2,1-4H3,(H,25,27,29). The summed E-state index contributed by atoms with van der Waals surface area (Å²) < 4.78 is 18.3. The maximum absolute atomic E-state index is 12.6. The molecule has 2 N–H and O–H groups in total. The summed E-state index contributed by atoms with van der Waals surface area (Å²) in [6.07, 6.45) is 0.193. The summed E-state index contributed by atoms with van der Waals surface area (Å²) >= 11 is 0. The molecule has 0 aliphatic carbocycles. The van der Waals surface area contributed by atoms with Crippen molar-refractivity contribution in [1.82, 2.24) is 14.5 Å². The van der Waals surface area contributed by atoms with Crippen molar-refractivity contribution in [1.29, 1.82) is 0 Å². The third kappa shape index (κ3) is 6.70. The van der Waals surface area contributed by atoms with Gasteiger partial charge in [-0.15, -0.1) is 0 Å². The Balaban J connectivity index is 1.95. The molecular weight excluding hydrogens is 424 g/mol. The molecule has 33 heavy (non-hydrogen) atoms. The Morgan fingerprint density at radius 2 is 1.79 bits per heavy atom. The first-order valence-corrected chi connectivity index (χ1v) is 11.4. The number of anilines is 1. The fraction of sp³-hybridized carbons (Fsp3) is 0.542. The topological polar surface area (TPSA) is 108 Å². The number of aliphatic hydroxyl groups is 1. The molecule has 180 valence electrons. The lowest BCUT2D eigenvalue weighted by Crippen LogP contribution is -2.27. The largest absolute Gasteiger partial charge is 0.389 e. The van der Waals surface area contributed by atoms with E-state index >= 15 is 0 Å². The van der Waals surface area contributed by atoms with Gasteiger partial charge < -0.3 is 29.2 Å². The normalized spacial score (nSPS) is 12.0. The van der Waals surface area contributed by atoms with E-state index in [2.05, 4.69) is 10.3 Å². The lowest BCUT2D eigenvalue weighted by Gasteiger charge is -2.20. The van der Waals surface area contributed by atoms with Crippen LogP contribution < -0.4 is 5.32 Å². The summed E-state index contributed by atoms with van der Waals surface area (Å²) in [4.78, 5) is 22.1. The molecule has 9 heteroatoms. The van der Waals surface area contributed by atoms with Gasteiger partial charge in [-0.05, 0) is 33.8 Å². The summed E-state index contributed by atoms with van der Waals surface area (Å²) in [5.74, 6) is 0.844. The number of aromatic nitrogens is 3. The van der Waals surface area contributed by atoms with Gasteiger partial charge in [0.25, 0.3) is 0 Å². The number of nitrogens with one attached hydrogen (secondary N) is 1. The number of amides is 1. The Kier molecular flexibility index (Phi) is 8.74. The van der Waals surface area contributed by atoms with Crippen molar-refractivity contribution in [3.05, 3.63) is 30.1 Å². The van der Waals surface area contributed by atoms with E-state index in [0.29, 0.717) is 56.7 Å². The lowest BCUT2D eigenvalue weighted by atomic mass is 10.1. The number of para-hydroxylation sites is 1. The Labute approximate surface area is 194 Å². The first-order valence-electron chi connectivity index (χ1n) is 11.4. The van der Waals surface area contributed by atoms with Crippen LogP contribution in [0.15, 0.2) is 24.3 Å². The van der Waals surface area contributed by atoms with Gasteiger partial charge in [-0.1, -0.05) is 18.2 Å². The number of fused-ring (bicyclic) bond motifs is 3. The smallest absolute Gasteiger partial charge is 0.227 e. The molecule has 0 spiro atoms. The van der Waals surface area contributed by atoms with Gasteiger partial charge in [-0.25, -0.2) is 9.97 Å². The molecule has 0 bridgehead atoms. The van der Waals surface area contributed by atoms with E-state index in [1.807, 2.05) is 42.7 Å². The summed E-state index contributed by atoms with van der Waals surface area (Å²) in [5.41, 5.74) is 1.13. The quantitative estimate of drug-likeness (QED) is 0.379. The Morgan fingerprint density at radius 3 is 2.52 bits per heavy atom. The summed E-state index contributed by atoms with van der Waals surface area (Å²) in [5, 5.41) is 14.4. The van der Waals surface area contributed by atoms with Crippen molar-refractivity contribution < 1.29 is 24.1 Å². The van der Waals surface area contributed by atoms with E-state index in [4.69, 9.17) is 19.2 Å². The van der Waals surface area contributed by atoms with Crippen LogP contribution in [0.1, 0.15) is 39.9 Å². The van der Waals surface area contributed by atoms with Crippen molar-refractivity contribution in [2.45, 2.75) is 52.9 Å². The number of ether oxygens (including phenoxy) is 3. The van der Waals surface area contributed by atoms with Crippen molar-refractivity contribution in [2.24, 2.45) is 0 Å². The van der Waals surface area contributed by atoms with Crippen LogP contribution in [-0.2, 0) is 32.2 Å². The van der Waals surface area contributed by atoms with Crippen LogP contribution in [-0.4, -0.2) is 64.2 Å². The van der Waals surface area contributed by atoms with E-state index in [0.717, 1.165) is 16.4 Å². The molecule has 1 amide bonds. The second-order valence-corrected chi connectivity index (χ2v) is 8.35. The molecule has 1 aromatic carbocycles. The van der Waals surface area contributed by atoms with E-state index in [9.17, 15) is 9.90 Å². The number of pyridine rings is 1. The number of benzene rings is 1. The summed E-state index contributed by atoms with van der Waals surface area (Å²) in [6.45, 7) is 10.4. The summed E-state index contributed by atoms with van der Waals surface area (Å²) in [6, 6.07) is 7.70. The zero-order valence-corrected chi connectivity index (χ0v) is 19.9. The van der Waals surface area contributed by atoms with Gasteiger partial charge >= 0.3 is 0 Å². The van der Waals surface area contributed by atoms with Crippen LogP contribution in [0, 0.1) is 0 Å². The van der Waals surface area contributed by atoms with Crippen LogP contribution in [0.2, 0.25) is 0 Å². The molecular formula is C24H34N4O5. The van der Waals surface area contributed by atoms with Gasteiger partial charge in [0, 0.05) is 18.6 Å². The molecule has 2 heterocycles. The zero-order chi connectivity index (χ0) is 23.8. The van der Waals surface area contributed by atoms with Crippen LogP contribution >= 0.6 is 0 Å². The molecule has 0 aliphatic rings. The molecule has 9 nitrogen and oxygen atoms in total. The zero-order valence-electron chi connectivity index (χ0n) is 19.9. The number of carbonyl (C=O) groups is 1. The van der Waals surface area contributed by atoms with E-state index < -0.39 is 5.60 Å². The Hall–Kier alpha value is -2.59. The second kappa shape index (κ2) is 11.5. The van der Waals surface area contributed by atoms with E-state index in [1.54, 1.807) is 13.8 Å². The monoisotopic (exact) mass is 458 g/mol. The number of hydrogen-bond acceptors (Lipinski definition) is 7. The van der Waals surface area contributed by atoms with Crippen molar-refractivity contribution in [3.8, 4) is 0 Å². The first kappa shape index (κ1) is 25.0. The van der Waals surface area contributed by atoms with Crippen LogP contribution in [0.4, 0.5) is 5.82 Å². The average Bonchev–Trinajstić information content (AvgIpc) is 3.12. The molecule has 0 radical (unpaired) electrons. The minimum Gasteiger partial charge on any atom is -0.389 e. The third-order valence-electron chi connectivity index (χ3n) is 4.95. The Bertz CT molecular complexity index is 1070. The number of imidazole rings is 1. The average molecular weight is 459 g/mol. The molecule has 0 saturated heterocycles. The predicted octanol–water partition coefficient (Wildman–Crippen LogP) is 3.27. The van der Waals surface area contributed by atoms with Crippen molar-refractivity contribution >= 4 is 33.7 Å². The highest BCUT2D eigenvalue weighted by molar-refractivity contribution is 6.09. The number of nitrogens with zero attached hydrogens (tertiary/aromatic N) is 3. The first-order chi connectivity index (χ1) is 15.8. The van der Waals surface area contributed by atoms with Crippen LogP contribution in [0.3, 0.4) is 0 Å². The predicted molar refractivity (Wildman–Crippen MR) is 127 cm³/mol. The maximum atomic E-state index is 12.6. The molecule has 0 unspecified atom stereocenters. The number of hydrogen-bond donors (Lipinski definition) is 2. The molecule has 3 rings (SSSR count). The van der Waals surface area contributed by atoms with Crippen molar-refractivity contribution in [3.63, 3.8) is 0 Å². The molecule has 2 aromatic heterocycles. The highest BCUT2D eigenvalue weighted by Gasteiger charge is 2.23. The highest BCUT2D eigenvalue weighted by atomic mass is 16.5. The minimum absolute atomic E-state index is 0.193. The van der Waals surface area contributed by atoms with Crippen LogP contribution in [0.25, 0.3) is 21.9 Å². The maximum Gasteiger partial charge on any atom is 0.227 e. The number of rotatable bonds is 13. The summed E-state index contributed by atoms with van der Waals surface area (Å²) in [7, 11) is 0. The highest BCUT2D eigenvalue weighted by Crippen LogP contribution is 2.31. The Morgan fingerprint density at radius 1 is 1.06 bits per heavy atom. The molecule has 0 aliphatic heterocycles. The molecule has 0 atom stereocenters. The SMILES string of the molecule is CCOCCOCCC(=O)Nc1nc2ccccc2c2c1nc(COCC)n2CC(C)(C)O. The van der Waals surface area contributed by atoms with Gasteiger partial charge in [-0.2, -0.15) is 0 Å². The van der Waals surface area contributed by atoms with E-state index in [1.165, 1.54) is 0 Å². The van der Waals surface area contributed by atoms with Crippen LogP contribution in [0.5, 0.6) is 0 Å². The molecule has 0 saturated carbocycles. The van der Waals surface area contributed by atoms with Gasteiger partial charge in [0.15, 0.2) is 5.82 Å². The fourth-order valence-corrected chi connectivity index (χ4v) is 3.55. The van der Waals surface area contributed by atoms with Crippen molar-refractivity contribution in [2.75, 3.05) is 38.4 Å².